The first-order valence-corrected chi connectivity index (χ1v) is 9.30. The summed E-state index contributed by atoms with van der Waals surface area (Å²) in [6, 6.07) is 12.4. The molecule has 0 aliphatic carbocycles. The number of hydrogen-bond donors (Lipinski definition) is 1. The van der Waals surface area contributed by atoms with Crippen LogP contribution in [0.15, 0.2) is 36.4 Å². The van der Waals surface area contributed by atoms with Crippen molar-refractivity contribution < 1.29 is 4.79 Å². The van der Waals surface area contributed by atoms with Crippen molar-refractivity contribution in [3.8, 4) is 0 Å². The molecule has 0 radical (unpaired) electrons. The second-order valence-electron chi connectivity index (χ2n) is 7.19. The van der Waals surface area contributed by atoms with Gasteiger partial charge in [-0.1, -0.05) is 30.3 Å². The number of piperidine rings is 1. The standard InChI is InChI=1S/C21H29N3O.ClH/c1-16-13-20(17(2)24(16)15-18-7-4-3-5-8-18)21(25)23-12-6-9-19(14-23)10-11-22;/h3-5,7-8,13,19H,6,9-12,14-15,22H2,1-2H3;1H. The Morgan fingerprint density at radius 3 is 2.65 bits per heavy atom. The number of nitrogens with two attached hydrogens (primary N) is 1. The van der Waals surface area contributed by atoms with E-state index in [0.717, 1.165) is 49.4 Å². The van der Waals surface area contributed by atoms with Gasteiger partial charge in [-0.25, -0.2) is 0 Å². The molecule has 2 aromatic rings. The van der Waals surface area contributed by atoms with Crippen LogP contribution in [0.5, 0.6) is 0 Å². The van der Waals surface area contributed by atoms with Crippen LogP contribution in [0.2, 0.25) is 0 Å². The molecule has 0 saturated carbocycles. The summed E-state index contributed by atoms with van der Waals surface area (Å²) in [6.45, 7) is 7.37. The van der Waals surface area contributed by atoms with E-state index in [2.05, 4.69) is 42.7 Å². The molecule has 1 unspecified atom stereocenters. The van der Waals surface area contributed by atoms with Crippen LogP contribution in [0, 0.1) is 19.8 Å². The molecule has 1 aromatic heterocycles. The fourth-order valence-corrected chi connectivity index (χ4v) is 3.92. The zero-order chi connectivity index (χ0) is 17.8. The van der Waals surface area contributed by atoms with E-state index in [4.69, 9.17) is 5.73 Å². The number of carbonyl (C=O) groups excluding carboxylic acids is 1. The summed E-state index contributed by atoms with van der Waals surface area (Å²) in [5.74, 6) is 0.727. The van der Waals surface area contributed by atoms with Crippen LogP contribution in [0.1, 0.15) is 46.6 Å². The van der Waals surface area contributed by atoms with E-state index in [1.807, 2.05) is 17.0 Å². The van der Waals surface area contributed by atoms with Crippen molar-refractivity contribution >= 4 is 18.3 Å². The van der Waals surface area contributed by atoms with Gasteiger partial charge in [-0.15, -0.1) is 12.4 Å². The van der Waals surface area contributed by atoms with Gasteiger partial charge in [0.2, 0.25) is 0 Å². The Morgan fingerprint density at radius 2 is 1.96 bits per heavy atom. The van der Waals surface area contributed by atoms with Crippen LogP contribution in [-0.4, -0.2) is 35.0 Å². The normalized spacial score (nSPS) is 17.0. The highest BCUT2D eigenvalue weighted by Gasteiger charge is 2.26. The van der Waals surface area contributed by atoms with Gasteiger partial charge >= 0.3 is 0 Å². The third-order valence-electron chi connectivity index (χ3n) is 5.37. The Balaban J connectivity index is 0.00000243. The average Bonchev–Trinajstić information content (AvgIpc) is 2.91. The lowest BCUT2D eigenvalue weighted by molar-refractivity contribution is 0.0668. The van der Waals surface area contributed by atoms with Crippen molar-refractivity contribution in [3.05, 3.63) is 58.9 Å². The second-order valence-corrected chi connectivity index (χ2v) is 7.19. The average molecular weight is 376 g/mol. The lowest BCUT2D eigenvalue weighted by atomic mass is 9.94. The molecule has 1 aliphatic rings. The zero-order valence-corrected chi connectivity index (χ0v) is 16.6. The summed E-state index contributed by atoms with van der Waals surface area (Å²) in [6.07, 6.45) is 3.28. The molecule has 1 fully saturated rings. The Bertz CT molecular complexity index is 724. The number of likely N-dealkylation sites (tertiary alicyclic amines) is 1. The van der Waals surface area contributed by atoms with Gasteiger partial charge < -0.3 is 15.2 Å². The molecule has 2 N–H and O–H groups in total. The molecule has 26 heavy (non-hydrogen) atoms. The highest BCUT2D eigenvalue weighted by atomic mass is 35.5. The number of nitrogens with zero attached hydrogens (tertiary/aromatic N) is 2. The van der Waals surface area contributed by atoms with E-state index in [1.54, 1.807) is 0 Å². The van der Waals surface area contributed by atoms with Crippen molar-refractivity contribution in [2.75, 3.05) is 19.6 Å². The van der Waals surface area contributed by atoms with Crippen LogP contribution < -0.4 is 5.73 Å². The maximum Gasteiger partial charge on any atom is 0.255 e. The Morgan fingerprint density at radius 1 is 1.23 bits per heavy atom. The van der Waals surface area contributed by atoms with Gasteiger partial charge in [0, 0.05) is 31.0 Å². The maximum absolute atomic E-state index is 13.1. The molecule has 1 aromatic carbocycles. The lowest BCUT2D eigenvalue weighted by Crippen LogP contribution is -2.40. The first kappa shape index (κ1) is 20.5. The number of aromatic nitrogens is 1. The number of benzene rings is 1. The molecule has 3 rings (SSSR count). The molecular weight excluding hydrogens is 346 g/mol. The van der Waals surface area contributed by atoms with Crippen LogP contribution in [0.4, 0.5) is 0 Å². The molecule has 4 nitrogen and oxygen atoms in total. The van der Waals surface area contributed by atoms with Crippen molar-refractivity contribution in [2.24, 2.45) is 11.7 Å². The summed E-state index contributed by atoms with van der Waals surface area (Å²) in [7, 11) is 0. The van der Waals surface area contributed by atoms with Crippen molar-refractivity contribution in [2.45, 2.75) is 39.7 Å². The smallest absolute Gasteiger partial charge is 0.255 e. The molecule has 1 aliphatic heterocycles. The van der Waals surface area contributed by atoms with E-state index >= 15 is 0 Å². The van der Waals surface area contributed by atoms with Crippen LogP contribution in [0.3, 0.4) is 0 Å². The van der Waals surface area contributed by atoms with E-state index in [9.17, 15) is 4.79 Å². The van der Waals surface area contributed by atoms with Crippen molar-refractivity contribution in [3.63, 3.8) is 0 Å². The minimum absolute atomic E-state index is 0. The van der Waals surface area contributed by atoms with Crippen molar-refractivity contribution in [1.82, 2.24) is 9.47 Å². The van der Waals surface area contributed by atoms with Gasteiger partial charge in [0.1, 0.15) is 0 Å². The van der Waals surface area contributed by atoms with Gasteiger partial charge in [0.15, 0.2) is 0 Å². The highest BCUT2D eigenvalue weighted by Crippen LogP contribution is 2.24. The third kappa shape index (κ3) is 4.49. The fourth-order valence-electron chi connectivity index (χ4n) is 3.92. The molecule has 0 spiro atoms. The Kier molecular flexibility index (Phi) is 7.30. The Hall–Kier alpha value is -1.78. The van der Waals surface area contributed by atoms with E-state index < -0.39 is 0 Å². The van der Waals surface area contributed by atoms with Gasteiger partial charge in [-0.3, -0.25) is 4.79 Å². The van der Waals surface area contributed by atoms with E-state index in [0.29, 0.717) is 12.5 Å². The molecule has 1 saturated heterocycles. The Labute approximate surface area is 162 Å². The van der Waals surface area contributed by atoms with E-state index in [1.165, 1.54) is 12.0 Å². The fraction of sp³-hybridized carbons (Fsp3) is 0.476. The lowest BCUT2D eigenvalue weighted by Gasteiger charge is -2.32. The zero-order valence-electron chi connectivity index (χ0n) is 15.8. The molecule has 5 heteroatoms. The van der Waals surface area contributed by atoms with Gasteiger partial charge in [-0.05, 0) is 57.2 Å². The monoisotopic (exact) mass is 375 g/mol. The minimum atomic E-state index is 0. The summed E-state index contributed by atoms with van der Waals surface area (Å²) >= 11 is 0. The maximum atomic E-state index is 13.1. The molecule has 1 atom stereocenters. The van der Waals surface area contributed by atoms with Crippen LogP contribution in [-0.2, 0) is 6.54 Å². The molecule has 0 bridgehead atoms. The van der Waals surface area contributed by atoms with Gasteiger partial charge in [0.05, 0.1) is 5.56 Å². The van der Waals surface area contributed by atoms with Crippen LogP contribution >= 0.6 is 12.4 Å². The SMILES string of the molecule is Cc1cc(C(=O)N2CCCC(CCN)C2)c(C)n1Cc1ccccc1.Cl. The number of rotatable bonds is 5. The van der Waals surface area contributed by atoms with E-state index in [-0.39, 0.29) is 18.3 Å². The summed E-state index contributed by atoms with van der Waals surface area (Å²) in [4.78, 5) is 15.1. The summed E-state index contributed by atoms with van der Waals surface area (Å²) < 4.78 is 2.24. The van der Waals surface area contributed by atoms with Crippen molar-refractivity contribution in [1.29, 1.82) is 0 Å². The second kappa shape index (κ2) is 9.24. The first-order chi connectivity index (χ1) is 12.1. The predicted octanol–water partition coefficient (Wildman–Crippen LogP) is 3.78. The number of amides is 1. The number of hydrogen-bond acceptors (Lipinski definition) is 2. The summed E-state index contributed by atoms with van der Waals surface area (Å²) in [5.41, 5.74) is 10.0. The molecule has 2 heterocycles. The number of carbonyl (C=O) groups is 1. The van der Waals surface area contributed by atoms with Gasteiger partial charge in [0.25, 0.3) is 5.91 Å². The first-order valence-electron chi connectivity index (χ1n) is 9.30. The third-order valence-corrected chi connectivity index (χ3v) is 5.37. The quantitative estimate of drug-likeness (QED) is 0.864. The highest BCUT2D eigenvalue weighted by molar-refractivity contribution is 5.95. The molecular formula is C21H30ClN3O. The van der Waals surface area contributed by atoms with Crippen LogP contribution in [0.25, 0.3) is 0 Å². The van der Waals surface area contributed by atoms with Gasteiger partial charge in [-0.2, -0.15) is 0 Å². The predicted molar refractivity (Wildman–Crippen MR) is 109 cm³/mol. The molecule has 1 amide bonds. The summed E-state index contributed by atoms with van der Waals surface area (Å²) in [5, 5.41) is 0. The minimum Gasteiger partial charge on any atom is -0.344 e. The largest absolute Gasteiger partial charge is 0.344 e. The number of aryl methyl sites for hydroxylation is 1. The molecule has 142 valence electrons. The topological polar surface area (TPSA) is 51.3 Å². The number of halogens is 1.